The van der Waals surface area contributed by atoms with Crippen LogP contribution in [0.15, 0.2) is 77.9 Å². The first-order valence-corrected chi connectivity index (χ1v) is 10.5. The monoisotopic (exact) mass is 428 g/mol. The molecule has 1 aromatic heterocycles. The van der Waals surface area contributed by atoms with Crippen molar-refractivity contribution in [1.29, 1.82) is 0 Å². The fourth-order valence-corrected chi connectivity index (χ4v) is 3.96. The smallest absolute Gasteiger partial charge is 0.258 e. The summed E-state index contributed by atoms with van der Waals surface area (Å²) in [6, 6.07) is 22.7. The SMILES string of the molecule is Cc1ccc(/C=N\Nc2nc(-c3ccc(C)cc3)c(-c3ccc([N+](=O)[O-])cc3)s2)cc1. The molecule has 4 aromatic rings. The molecule has 0 aliphatic rings. The Morgan fingerprint density at radius 1 is 0.903 bits per heavy atom. The number of non-ortho nitro benzene ring substituents is 1. The van der Waals surface area contributed by atoms with Crippen LogP contribution in [-0.2, 0) is 0 Å². The molecule has 31 heavy (non-hydrogen) atoms. The van der Waals surface area contributed by atoms with Crippen LogP contribution in [0.3, 0.4) is 0 Å². The molecule has 0 saturated heterocycles. The molecule has 0 bridgehead atoms. The highest BCUT2D eigenvalue weighted by Gasteiger charge is 2.16. The van der Waals surface area contributed by atoms with Crippen molar-refractivity contribution in [2.24, 2.45) is 5.10 Å². The van der Waals surface area contributed by atoms with E-state index in [1.807, 2.05) is 62.4 Å². The van der Waals surface area contributed by atoms with Gasteiger partial charge in [-0.3, -0.25) is 15.5 Å². The highest BCUT2D eigenvalue weighted by Crippen LogP contribution is 2.39. The zero-order chi connectivity index (χ0) is 21.8. The molecule has 0 fully saturated rings. The summed E-state index contributed by atoms with van der Waals surface area (Å²) < 4.78 is 0. The molecule has 0 radical (unpaired) electrons. The van der Waals surface area contributed by atoms with E-state index in [1.165, 1.54) is 29.0 Å². The van der Waals surface area contributed by atoms with Crippen molar-refractivity contribution >= 4 is 28.4 Å². The number of aryl methyl sites for hydroxylation is 2. The molecule has 0 atom stereocenters. The molecular weight excluding hydrogens is 408 g/mol. The average Bonchev–Trinajstić information content (AvgIpc) is 3.20. The van der Waals surface area contributed by atoms with E-state index in [0.29, 0.717) is 5.13 Å². The first-order valence-electron chi connectivity index (χ1n) is 9.68. The number of rotatable bonds is 6. The second-order valence-corrected chi connectivity index (χ2v) is 8.15. The van der Waals surface area contributed by atoms with E-state index >= 15 is 0 Å². The second kappa shape index (κ2) is 8.89. The van der Waals surface area contributed by atoms with Crippen LogP contribution in [0.25, 0.3) is 21.7 Å². The third-order valence-corrected chi connectivity index (χ3v) is 5.75. The minimum absolute atomic E-state index is 0.0613. The van der Waals surface area contributed by atoms with Gasteiger partial charge in [0.05, 0.1) is 21.7 Å². The van der Waals surface area contributed by atoms with Gasteiger partial charge in [0.2, 0.25) is 5.13 Å². The Balaban J connectivity index is 1.67. The summed E-state index contributed by atoms with van der Waals surface area (Å²) in [6.45, 7) is 4.08. The van der Waals surface area contributed by atoms with Crippen LogP contribution in [0.4, 0.5) is 10.8 Å². The maximum atomic E-state index is 11.0. The molecule has 7 heteroatoms. The first-order chi connectivity index (χ1) is 15.0. The van der Waals surface area contributed by atoms with Crippen molar-refractivity contribution in [3.63, 3.8) is 0 Å². The van der Waals surface area contributed by atoms with Gasteiger partial charge in [-0.1, -0.05) is 71.0 Å². The molecule has 0 unspecified atom stereocenters. The summed E-state index contributed by atoms with van der Waals surface area (Å²) in [5.74, 6) is 0. The molecule has 0 spiro atoms. The van der Waals surface area contributed by atoms with E-state index in [-0.39, 0.29) is 5.69 Å². The highest BCUT2D eigenvalue weighted by atomic mass is 32.1. The minimum atomic E-state index is -0.399. The topological polar surface area (TPSA) is 80.4 Å². The van der Waals surface area contributed by atoms with Crippen LogP contribution < -0.4 is 5.43 Å². The van der Waals surface area contributed by atoms with Gasteiger partial charge >= 0.3 is 0 Å². The normalized spacial score (nSPS) is 11.0. The molecular formula is C24H20N4O2S. The Kier molecular flexibility index (Phi) is 5.86. The lowest BCUT2D eigenvalue weighted by Gasteiger charge is -2.03. The van der Waals surface area contributed by atoms with Crippen LogP contribution in [0.2, 0.25) is 0 Å². The van der Waals surface area contributed by atoms with Gasteiger partial charge in [0.15, 0.2) is 0 Å². The lowest BCUT2D eigenvalue weighted by atomic mass is 10.1. The van der Waals surface area contributed by atoms with Gasteiger partial charge in [-0.25, -0.2) is 4.98 Å². The molecule has 0 aliphatic carbocycles. The van der Waals surface area contributed by atoms with E-state index in [4.69, 9.17) is 4.98 Å². The summed E-state index contributed by atoms with van der Waals surface area (Å²) in [5.41, 5.74) is 9.09. The number of hydrogen-bond acceptors (Lipinski definition) is 6. The zero-order valence-corrected chi connectivity index (χ0v) is 17.9. The number of hydrogen-bond donors (Lipinski definition) is 1. The summed E-state index contributed by atoms with van der Waals surface area (Å²) in [7, 11) is 0. The molecule has 0 aliphatic heterocycles. The average molecular weight is 429 g/mol. The molecule has 4 rings (SSSR count). The fraction of sp³-hybridized carbons (Fsp3) is 0.0833. The molecule has 3 aromatic carbocycles. The lowest BCUT2D eigenvalue weighted by Crippen LogP contribution is -1.90. The molecule has 1 N–H and O–H groups in total. The maximum absolute atomic E-state index is 11.0. The van der Waals surface area contributed by atoms with Crippen molar-refractivity contribution in [1.82, 2.24) is 4.98 Å². The molecule has 0 saturated carbocycles. The first kappa shape index (κ1) is 20.4. The Morgan fingerprint density at radius 3 is 2.10 bits per heavy atom. The zero-order valence-electron chi connectivity index (χ0n) is 17.1. The number of aromatic nitrogens is 1. The van der Waals surface area contributed by atoms with Gasteiger partial charge in [-0.15, -0.1) is 0 Å². The largest absolute Gasteiger partial charge is 0.269 e. The molecule has 0 amide bonds. The van der Waals surface area contributed by atoms with Gasteiger partial charge in [0, 0.05) is 17.7 Å². The molecule has 154 valence electrons. The minimum Gasteiger partial charge on any atom is -0.258 e. The molecule has 6 nitrogen and oxygen atoms in total. The van der Waals surface area contributed by atoms with E-state index in [0.717, 1.165) is 32.8 Å². The fourth-order valence-electron chi connectivity index (χ4n) is 3.02. The number of anilines is 1. The van der Waals surface area contributed by atoms with E-state index in [1.54, 1.807) is 18.3 Å². The summed E-state index contributed by atoms with van der Waals surface area (Å²) in [4.78, 5) is 16.3. The number of nitro groups is 1. The number of benzene rings is 3. The van der Waals surface area contributed by atoms with Crippen molar-refractivity contribution in [2.45, 2.75) is 13.8 Å². The quantitative estimate of drug-likeness (QED) is 0.217. The van der Waals surface area contributed by atoms with Crippen LogP contribution in [-0.4, -0.2) is 16.1 Å². The van der Waals surface area contributed by atoms with Crippen LogP contribution in [0.1, 0.15) is 16.7 Å². The van der Waals surface area contributed by atoms with Crippen LogP contribution in [0.5, 0.6) is 0 Å². The summed E-state index contributed by atoms with van der Waals surface area (Å²) in [6.07, 6.45) is 1.75. The van der Waals surface area contributed by atoms with E-state index in [9.17, 15) is 10.1 Å². The molecule has 1 heterocycles. The standard InChI is InChI=1S/C24H20N4O2S/c1-16-3-7-18(8-4-16)15-25-27-24-26-22(19-9-5-17(2)6-10-19)23(31-24)20-11-13-21(14-12-20)28(29)30/h3-15H,1-2H3,(H,26,27)/b25-15-. The van der Waals surface area contributed by atoms with E-state index in [2.05, 4.69) is 10.5 Å². The third kappa shape index (κ3) is 4.84. The second-order valence-electron chi connectivity index (χ2n) is 7.15. The van der Waals surface area contributed by atoms with E-state index < -0.39 is 4.92 Å². The van der Waals surface area contributed by atoms with Gasteiger partial charge in [-0.2, -0.15) is 5.10 Å². The maximum Gasteiger partial charge on any atom is 0.269 e. The number of nitrogens with one attached hydrogen (secondary N) is 1. The van der Waals surface area contributed by atoms with Gasteiger partial charge < -0.3 is 0 Å². The van der Waals surface area contributed by atoms with Crippen molar-refractivity contribution in [3.8, 4) is 21.7 Å². The number of thiazole rings is 1. The lowest BCUT2D eigenvalue weighted by molar-refractivity contribution is -0.384. The summed E-state index contributed by atoms with van der Waals surface area (Å²) in [5, 5.41) is 16.0. The Morgan fingerprint density at radius 2 is 1.48 bits per heavy atom. The number of hydrazone groups is 1. The third-order valence-electron chi connectivity index (χ3n) is 4.74. The Labute approximate surface area is 184 Å². The highest BCUT2D eigenvalue weighted by molar-refractivity contribution is 7.19. The van der Waals surface area contributed by atoms with Crippen molar-refractivity contribution in [2.75, 3.05) is 5.43 Å². The number of nitrogens with zero attached hydrogens (tertiary/aromatic N) is 3. The Bertz CT molecular complexity index is 1230. The predicted octanol–water partition coefficient (Wildman–Crippen LogP) is 6.45. The Hall–Kier alpha value is -3.84. The van der Waals surface area contributed by atoms with Gasteiger partial charge in [0.25, 0.3) is 5.69 Å². The summed E-state index contributed by atoms with van der Waals surface area (Å²) >= 11 is 1.46. The van der Waals surface area contributed by atoms with Crippen molar-refractivity contribution < 1.29 is 4.92 Å². The van der Waals surface area contributed by atoms with Gasteiger partial charge in [0.1, 0.15) is 0 Å². The predicted molar refractivity (Wildman–Crippen MR) is 127 cm³/mol. The van der Waals surface area contributed by atoms with Crippen LogP contribution in [0, 0.1) is 24.0 Å². The number of nitro benzene ring substituents is 1. The van der Waals surface area contributed by atoms with Crippen LogP contribution >= 0.6 is 11.3 Å². The van der Waals surface area contributed by atoms with Gasteiger partial charge in [-0.05, 0) is 37.1 Å². The van der Waals surface area contributed by atoms with Crippen molar-refractivity contribution in [3.05, 3.63) is 99.6 Å².